The number of unbranched alkanes of at least 4 members (excludes halogenated alkanes) is 2. The number of hydrogen-bond acceptors (Lipinski definition) is 1. The van der Waals surface area contributed by atoms with Gasteiger partial charge in [-0.3, -0.25) is 0 Å². The molecular formula is C15H31N. The average Bonchev–Trinajstić information content (AvgIpc) is 2.98. The van der Waals surface area contributed by atoms with Crippen LogP contribution < -0.4 is 0 Å². The normalized spacial score (nSPS) is 18.4. The lowest BCUT2D eigenvalue weighted by molar-refractivity contribution is 0.250. The van der Waals surface area contributed by atoms with E-state index < -0.39 is 0 Å². The van der Waals surface area contributed by atoms with Crippen LogP contribution in [0.5, 0.6) is 0 Å². The van der Waals surface area contributed by atoms with Gasteiger partial charge in [-0.25, -0.2) is 0 Å². The second-order valence-corrected chi connectivity index (χ2v) is 6.35. The first-order chi connectivity index (χ1) is 7.59. The molecule has 1 rings (SSSR count). The van der Waals surface area contributed by atoms with Crippen molar-refractivity contribution in [1.82, 2.24) is 4.90 Å². The summed E-state index contributed by atoms with van der Waals surface area (Å²) in [6, 6.07) is 0. The van der Waals surface area contributed by atoms with E-state index in [9.17, 15) is 0 Å². The smallest absolute Gasteiger partial charge is 0.000600 e. The maximum Gasteiger partial charge on any atom is 0.000600 e. The highest BCUT2D eigenvalue weighted by atomic mass is 15.1. The summed E-state index contributed by atoms with van der Waals surface area (Å²) in [5.74, 6) is 2.87. The Balaban J connectivity index is 2.01. The molecule has 1 heteroatoms. The fraction of sp³-hybridized carbons (Fsp3) is 1.00. The number of nitrogens with zero attached hydrogens (tertiary/aromatic N) is 1. The second-order valence-electron chi connectivity index (χ2n) is 6.35. The van der Waals surface area contributed by atoms with Gasteiger partial charge in [0, 0.05) is 6.54 Å². The SMILES string of the molecule is CC(C)C(CCCCCC1CC1)CN(C)C. The summed E-state index contributed by atoms with van der Waals surface area (Å²) in [6.45, 7) is 6.01. The topological polar surface area (TPSA) is 3.24 Å². The third-order valence-electron chi connectivity index (χ3n) is 3.93. The summed E-state index contributed by atoms with van der Waals surface area (Å²) in [4.78, 5) is 2.34. The van der Waals surface area contributed by atoms with Crippen molar-refractivity contribution in [3.05, 3.63) is 0 Å². The lowest BCUT2D eigenvalue weighted by Crippen LogP contribution is -2.25. The van der Waals surface area contributed by atoms with Gasteiger partial charge in [0.2, 0.25) is 0 Å². The molecule has 1 aliphatic rings. The van der Waals surface area contributed by atoms with Crippen molar-refractivity contribution in [1.29, 1.82) is 0 Å². The van der Waals surface area contributed by atoms with Crippen LogP contribution in [0.4, 0.5) is 0 Å². The van der Waals surface area contributed by atoms with E-state index in [2.05, 4.69) is 32.8 Å². The highest BCUT2D eigenvalue weighted by Gasteiger charge is 2.20. The minimum absolute atomic E-state index is 0.839. The van der Waals surface area contributed by atoms with Gasteiger partial charge in [-0.2, -0.15) is 0 Å². The molecule has 0 heterocycles. The van der Waals surface area contributed by atoms with E-state index in [0.29, 0.717) is 0 Å². The molecule has 0 aromatic rings. The fourth-order valence-corrected chi connectivity index (χ4v) is 2.53. The Morgan fingerprint density at radius 2 is 1.75 bits per heavy atom. The average molecular weight is 225 g/mol. The Hall–Kier alpha value is -0.0400. The van der Waals surface area contributed by atoms with E-state index in [4.69, 9.17) is 0 Å². The monoisotopic (exact) mass is 225 g/mol. The second kappa shape index (κ2) is 7.32. The summed E-state index contributed by atoms with van der Waals surface area (Å²) >= 11 is 0. The fourth-order valence-electron chi connectivity index (χ4n) is 2.53. The van der Waals surface area contributed by atoms with E-state index in [1.165, 1.54) is 51.5 Å². The van der Waals surface area contributed by atoms with E-state index in [-0.39, 0.29) is 0 Å². The molecule has 0 amide bonds. The van der Waals surface area contributed by atoms with E-state index in [1.807, 2.05) is 0 Å². The molecular weight excluding hydrogens is 194 g/mol. The van der Waals surface area contributed by atoms with Crippen LogP contribution in [0.3, 0.4) is 0 Å². The van der Waals surface area contributed by atoms with Gasteiger partial charge in [-0.05, 0) is 38.3 Å². The van der Waals surface area contributed by atoms with Crippen molar-refractivity contribution in [2.75, 3.05) is 20.6 Å². The van der Waals surface area contributed by atoms with Gasteiger partial charge in [0.15, 0.2) is 0 Å². The highest BCUT2D eigenvalue weighted by Crippen LogP contribution is 2.34. The molecule has 0 aliphatic heterocycles. The van der Waals surface area contributed by atoms with Crippen LogP contribution in [0.2, 0.25) is 0 Å². The van der Waals surface area contributed by atoms with Crippen molar-refractivity contribution in [3.8, 4) is 0 Å². The van der Waals surface area contributed by atoms with E-state index in [1.54, 1.807) is 0 Å². The first-order valence-electron chi connectivity index (χ1n) is 7.24. The molecule has 0 saturated heterocycles. The number of hydrogen-bond donors (Lipinski definition) is 0. The zero-order valence-electron chi connectivity index (χ0n) is 11.8. The van der Waals surface area contributed by atoms with Crippen molar-refractivity contribution in [2.45, 2.75) is 58.8 Å². The molecule has 16 heavy (non-hydrogen) atoms. The summed E-state index contributed by atoms with van der Waals surface area (Å²) in [7, 11) is 4.39. The first-order valence-corrected chi connectivity index (χ1v) is 7.24. The number of rotatable bonds is 9. The standard InChI is InChI=1S/C15H31N/c1-13(2)15(12-16(3)4)9-7-5-6-8-14-10-11-14/h13-15H,5-12H2,1-4H3. The molecule has 0 N–H and O–H groups in total. The molecule has 1 nitrogen and oxygen atoms in total. The first kappa shape index (κ1) is 14.0. The van der Waals surface area contributed by atoms with Crippen LogP contribution in [0, 0.1) is 17.8 Å². The quantitative estimate of drug-likeness (QED) is 0.532. The molecule has 1 saturated carbocycles. The van der Waals surface area contributed by atoms with Crippen molar-refractivity contribution >= 4 is 0 Å². The Morgan fingerprint density at radius 1 is 1.06 bits per heavy atom. The zero-order valence-corrected chi connectivity index (χ0v) is 11.8. The largest absolute Gasteiger partial charge is 0.309 e. The summed E-state index contributed by atoms with van der Waals surface area (Å²) in [6.07, 6.45) is 10.4. The van der Waals surface area contributed by atoms with Crippen LogP contribution in [-0.4, -0.2) is 25.5 Å². The Kier molecular flexibility index (Phi) is 6.41. The minimum Gasteiger partial charge on any atom is -0.309 e. The van der Waals surface area contributed by atoms with Crippen molar-refractivity contribution in [3.63, 3.8) is 0 Å². The maximum absolute atomic E-state index is 2.37. The van der Waals surface area contributed by atoms with Crippen LogP contribution in [0.15, 0.2) is 0 Å². The van der Waals surface area contributed by atoms with Gasteiger partial charge < -0.3 is 4.90 Å². The molecule has 0 bridgehead atoms. The third kappa shape index (κ3) is 6.52. The van der Waals surface area contributed by atoms with Gasteiger partial charge in [-0.1, -0.05) is 52.4 Å². The van der Waals surface area contributed by atoms with Crippen molar-refractivity contribution in [2.24, 2.45) is 17.8 Å². The van der Waals surface area contributed by atoms with Crippen LogP contribution in [0.1, 0.15) is 58.8 Å². The highest BCUT2D eigenvalue weighted by molar-refractivity contribution is 4.73. The lowest BCUT2D eigenvalue weighted by atomic mass is 9.89. The Morgan fingerprint density at radius 3 is 2.25 bits per heavy atom. The van der Waals surface area contributed by atoms with Crippen LogP contribution in [-0.2, 0) is 0 Å². The molecule has 1 unspecified atom stereocenters. The third-order valence-corrected chi connectivity index (χ3v) is 3.93. The van der Waals surface area contributed by atoms with Crippen LogP contribution in [0.25, 0.3) is 0 Å². The van der Waals surface area contributed by atoms with Gasteiger partial charge in [0.05, 0.1) is 0 Å². The molecule has 0 aromatic heterocycles. The van der Waals surface area contributed by atoms with E-state index >= 15 is 0 Å². The van der Waals surface area contributed by atoms with Gasteiger partial charge in [0.25, 0.3) is 0 Å². The molecule has 1 fully saturated rings. The zero-order chi connectivity index (χ0) is 12.0. The molecule has 0 spiro atoms. The predicted molar refractivity (Wildman–Crippen MR) is 72.7 cm³/mol. The summed E-state index contributed by atoms with van der Waals surface area (Å²) < 4.78 is 0. The molecule has 96 valence electrons. The summed E-state index contributed by atoms with van der Waals surface area (Å²) in [5, 5.41) is 0. The van der Waals surface area contributed by atoms with Gasteiger partial charge in [-0.15, -0.1) is 0 Å². The molecule has 0 aromatic carbocycles. The molecule has 1 aliphatic carbocycles. The van der Waals surface area contributed by atoms with Gasteiger partial charge in [0.1, 0.15) is 0 Å². The van der Waals surface area contributed by atoms with Crippen LogP contribution >= 0.6 is 0 Å². The Bertz CT molecular complexity index is 170. The lowest BCUT2D eigenvalue weighted by Gasteiger charge is -2.24. The summed E-state index contributed by atoms with van der Waals surface area (Å²) in [5.41, 5.74) is 0. The van der Waals surface area contributed by atoms with E-state index in [0.717, 1.165) is 17.8 Å². The maximum atomic E-state index is 2.37. The Labute approximate surface area is 103 Å². The molecule has 1 atom stereocenters. The minimum atomic E-state index is 0.839. The van der Waals surface area contributed by atoms with Crippen molar-refractivity contribution < 1.29 is 0 Å². The predicted octanol–water partition coefficient (Wildman–Crippen LogP) is 4.18. The van der Waals surface area contributed by atoms with Gasteiger partial charge >= 0.3 is 0 Å². The molecule has 0 radical (unpaired) electrons.